The summed E-state index contributed by atoms with van der Waals surface area (Å²) < 4.78 is 15.1. The molecule has 5 heteroatoms. The van der Waals surface area contributed by atoms with Crippen LogP contribution in [0.5, 0.6) is 0 Å². The zero-order valence-electron chi connectivity index (χ0n) is 14.1. The molecule has 0 N–H and O–H groups in total. The molecule has 1 aliphatic heterocycles. The Kier molecular flexibility index (Phi) is 3.45. The number of halogens is 1. The van der Waals surface area contributed by atoms with E-state index >= 15 is 0 Å². The van der Waals surface area contributed by atoms with Crippen LogP contribution in [0.4, 0.5) is 10.2 Å². The van der Waals surface area contributed by atoms with Crippen LogP contribution in [0, 0.1) is 5.82 Å². The Morgan fingerprint density at radius 1 is 0.962 bits per heavy atom. The van der Waals surface area contributed by atoms with Crippen LogP contribution in [0.15, 0.2) is 67.0 Å². The minimum Gasteiger partial charge on any atom is -0.346 e. The molecule has 2 aromatic heterocycles. The number of anilines is 1. The Morgan fingerprint density at radius 2 is 1.81 bits per heavy atom. The quantitative estimate of drug-likeness (QED) is 0.560. The summed E-state index contributed by atoms with van der Waals surface area (Å²) in [6, 6.07) is 17.0. The predicted molar refractivity (Wildman–Crippen MR) is 99.4 cm³/mol. The van der Waals surface area contributed by atoms with Crippen LogP contribution >= 0.6 is 0 Å². The van der Waals surface area contributed by atoms with Crippen LogP contribution < -0.4 is 4.90 Å². The number of rotatable bonds is 3. The molecule has 26 heavy (non-hydrogen) atoms. The van der Waals surface area contributed by atoms with Gasteiger partial charge < -0.3 is 4.90 Å². The van der Waals surface area contributed by atoms with Crippen LogP contribution in [0.25, 0.3) is 10.8 Å². The lowest BCUT2D eigenvalue weighted by atomic mass is 10.1. The first-order valence-electron chi connectivity index (χ1n) is 8.64. The minimum atomic E-state index is -0.215. The highest BCUT2D eigenvalue weighted by atomic mass is 19.1. The third-order valence-corrected chi connectivity index (χ3v) is 4.93. The van der Waals surface area contributed by atoms with Crippen molar-refractivity contribution in [3.8, 4) is 0 Å². The number of benzene rings is 2. The van der Waals surface area contributed by atoms with E-state index in [1.165, 1.54) is 28.8 Å². The van der Waals surface area contributed by atoms with E-state index in [-0.39, 0.29) is 5.82 Å². The van der Waals surface area contributed by atoms with E-state index in [0.29, 0.717) is 6.54 Å². The summed E-state index contributed by atoms with van der Waals surface area (Å²) in [5.41, 5.74) is 3.46. The lowest BCUT2D eigenvalue weighted by molar-refractivity contribution is 0.620. The second kappa shape index (κ2) is 5.95. The second-order valence-corrected chi connectivity index (χ2v) is 6.61. The van der Waals surface area contributed by atoms with Crippen LogP contribution in [0.2, 0.25) is 0 Å². The van der Waals surface area contributed by atoms with Gasteiger partial charge in [0.15, 0.2) is 0 Å². The molecule has 2 aromatic carbocycles. The number of hydrogen-bond donors (Lipinski definition) is 0. The molecule has 0 saturated carbocycles. The van der Waals surface area contributed by atoms with E-state index < -0.39 is 0 Å². The molecule has 0 aliphatic carbocycles. The summed E-state index contributed by atoms with van der Waals surface area (Å²) in [7, 11) is 0. The number of hydrogen-bond acceptors (Lipinski definition) is 3. The zero-order chi connectivity index (χ0) is 17.5. The molecule has 4 aromatic rings. The Balaban J connectivity index is 1.45. The van der Waals surface area contributed by atoms with Crippen molar-refractivity contribution in [3.63, 3.8) is 0 Å². The Morgan fingerprint density at radius 3 is 2.69 bits per heavy atom. The van der Waals surface area contributed by atoms with Gasteiger partial charge in [0.1, 0.15) is 11.6 Å². The first-order chi connectivity index (χ1) is 12.8. The predicted octanol–water partition coefficient (Wildman–Crippen LogP) is 4.14. The van der Waals surface area contributed by atoms with Gasteiger partial charge in [0, 0.05) is 23.7 Å². The van der Waals surface area contributed by atoms with E-state index in [9.17, 15) is 4.39 Å². The summed E-state index contributed by atoms with van der Waals surface area (Å²) in [6.07, 6.45) is 3.80. The highest BCUT2D eigenvalue weighted by Crippen LogP contribution is 2.31. The second-order valence-electron chi connectivity index (χ2n) is 6.61. The molecule has 4 nitrogen and oxygen atoms in total. The SMILES string of the molecule is Fc1ccc(Cn2ncc3c2CN(c2nccc4ccccc24)C3)cc1. The van der Waals surface area contributed by atoms with Crippen molar-refractivity contribution in [1.29, 1.82) is 0 Å². The van der Waals surface area contributed by atoms with Crippen LogP contribution in [0.1, 0.15) is 16.8 Å². The highest BCUT2D eigenvalue weighted by molar-refractivity contribution is 5.92. The Hall–Kier alpha value is -3.21. The monoisotopic (exact) mass is 344 g/mol. The highest BCUT2D eigenvalue weighted by Gasteiger charge is 2.25. The fraction of sp³-hybridized carbons (Fsp3) is 0.143. The largest absolute Gasteiger partial charge is 0.346 e. The van der Waals surface area contributed by atoms with E-state index in [1.807, 2.05) is 47.4 Å². The van der Waals surface area contributed by atoms with Crippen molar-refractivity contribution >= 4 is 16.6 Å². The molecule has 0 amide bonds. The molecular formula is C21H17FN4. The zero-order valence-corrected chi connectivity index (χ0v) is 14.1. The maximum atomic E-state index is 13.1. The van der Waals surface area contributed by atoms with E-state index in [4.69, 9.17) is 0 Å². The van der Waals surface area contributed by atoms with Gasteiger partial charge in [-0.15, -0.1) is 0 Å². The third-order valence-electron chi connectivity index (χ3n) is 4.93. The number of pyridine rings is 1. The summed E-state index contributed by atoms with van der Waals surface area (Å²) in [5, 5.41) is 6.88. The van der Waals surface area contributed by atoms with Crippen molar-refractivity contribution in [2.45, 2.75) is 19.6 Å². The molecule has 0 radical (unpaired) electrons. The standard InChI is InChI=1S/C21H17FN4/c22-18-7-5-15(6-8-18)12-26-20-14-25(13-17(20)11-24-26)21-19-4-2-1-3-16(19)9-10-23-21/h1-11H,12-14H2. The Bertz CT molecular complexity index is 1080. The molecule has 5 rings (SSSR count). The minimum absolute atomic E-state index is 0.215. The maximum absolute atomic E-state index is 13.1. The van der Waals surface area contributed by atoms with Crippen molar-refractivity contribution in [2.24, 2.45) is 0 Å². The van der Waals surface area contributed by atoms with E-state index in [0.717, 1.165) is 29.9 Å². The fourth-order valence-corrected chi connectivity index (χ4v) is 3.61. The number of aromatic nitrogens is 3. The first-order valence-corrected chi connectivity index (χ1v) is 8.64. The van der Waals surface area contributed by atoms with Gasteiger partial charge in [-0.3, -0.25) is 4.68 Å². The lowest BCUT2D eigenvalue weighted by Crippen LogP contribution is -2.18. The summed E-state index contributed by atoms with van der Waals surface area (Å²) >= 11 is 0. The molecule has 128 valence electrons. The van der Waals surface area contributed by atoms with Gasteiger partial charge in [-0.25, -0.2) is 9.37 Å². The molecule has 3 heterocycles. The number of nitrogens with zero attached hydrogens (tertiary/aromatic N) is 4. The van der Waals surface area contributed by atoms with Crippen molar-refractivity contribution in [1.82, 2.24) is 14.8 Å². The Labute approximate surface area is 150 Å². The molecule has 0 bridgehead atoms. The third kappa shape index (κ3) is 2.52. The summed E-state index contributed by atoms with van der Waals surface area (Å²) in [6.45, 7) is 2.23. The first kappa shape index (κ1) is 15.1. The molecule has 0 spiro atoms. The fourth-order valence-electron chi connectivity index (χ4n) is 3.61. The van der Waals surface area contributed by atoms with E-state index in [1.54, 1.807) is 0 Å². The molecule has 0 unspecified atom stereocenters. The van der Waals surface area contributed by atoms with Gasteiger partial charge in [-0.2, -0.15) is 5.10 Å². The van der Waals surface area contributed by atoms with Gasteiger partial charge in [0.05, 0.1) is 25.0 Å². The van der Waals surface area contributed by atoms with Gasteiger partial charge in [-0.05, 0) is 29.1 Å². The molecule has 0 saturated heterocycles. The summed E-state index contributed by atoms with van der Waals surface area (Å²) in [5.74, 6) is 0.792. The molecule has 0 atom stereocenters. The van der Waals surface area contributed by atoms with Gasteiger partial charge in [0.2, 0.25) is 0 Å². The van der Waals surface area contributed by atoms with Gasteiger partial charge >= 0.3 is 0 Å². The average Bonchev–Trinajstić information content (AvgIpc) is 3.25. The van der Waals surface area contributed by atoms with Crippen LogP contribution in [-0.2, 0) is 19.6 Å². The van der Waals surface area contributed by atoms with Crippen LogP contribution in [0.3, 0.4) is 0 Å². The molecular weight excluding hydrogens is 327 g/mol. The lowest BCUT2D eigenvalue weighted by Gasteiger charge is -2.19. The molecule has 1 aliphatic rings. The van der Waals surface area contributed by atoms with Crippen molar-refractivity contribution < 1.29 is 4.39 Å². The topological polar surface area (TPSA) is 34.0 Å². The van der Waals surface area contributed by atoms with E-state index in [2.05, 4.69) is 27.1 Å². The van der Waals surface area contributed by atoms with Crippen molar-refractivity contribution in [3.05, 3.63) is 89.6 Å². The normalized spacial score (nSPS) is 13.3. The maximum Gasteiger partial charge on any atom is 0.137 e. The van der Waals surface area contributed by atoms with Crippen LogP contribution in [-0.4, -0.2) is 14.8 Å². The molecule has 0 fully saturated rings. The number of fused-ring (bicyclic) bond motifs is 2. The van der Waals surface area contributed by atoms with Crippen molar-refractivity contribution in [2.75, 3.05) is 4.90 Å². The summed E-state index contributed by atoms with van der Waals surface area (Å²) in [4.78, 5) is 6.92. The van der Waals surface area contributed by atoms with Gasteiger partial charge in [-0.1, -0.05) is 36.4 Å². The average molecular weight is 344 g/mol. The smallest absolute Gasteiger partial charge is 0.137 e. The van der Waals surface area contributed by atoms with Gasteiger partial charge in [0.25, 0.3) is 0 Å².